The molecule has 0 bridgehead atoms. The molecular formula is C15H17ClN4O2. The summed E-state index contributed by atoms with van der Waals surface area (Å²) < 4.78 is 4.94. The van der Waals surface area contributed by atoms with E-state index in [4.69, 9.17) is 16.3 Å². The number of hydrazine groups is 1. The summed E-state index contributed by atoms with van der Waals surface area (Å²) in [7, 11) is 0. The summed E-state index contributed by atoms with van der Waals surface area (Å²) in [5.41, 5.74) is 6.66. The normalized spacial score (nSPS) is 10.1. The van der Waals surface area contributed by atoms with Crippen LogP contribution < -0.4 is 10.9 Å². The average molecular weight is 321 g/mol. The molecule has 0 saturated carbocycles. The van der Waals surface area contributed by atoms with E-state index in [-0.39, 0.29) is 0 Å². The molecule has 6 nitrogen and oxygen atoms in total. The van der Waals surface area contributed by atoms with Gasteiger partial charge in [0.25, 0.3) is 0 Å². The molecule has 2 N–H and O–H groups in total. The van der Waals surface area contributed by atoms with Gasteiger partial charge in [0.2, 0.25) is 0 Å². The first kappa shape index (κ1) is 16.0. The molecule has 0 radical (unpaired) electrons. The van der Waals surface area contributed by atoms with Crippen molar-refractivity contribution >= 4 is 23.5 Å². The highest BCUT2D eigenvalue weighted by Gasteiger charge is 2.03. The van der Waals surface area contributed by atoms with Crippen molar-refractivity contribution in [3.05, 3.63) is 41.4 Å². The second kappa shape index (κ2) is 8.19. The number of nitrogens with zero attached hydrogens (tertiary/aromatic N) is 2. The third kappa shape index (κ3) is 4.89. The van der Waals surface area contributed by atoms with Crippen molar-refractivity contribution < 1.29 is 9.53 Å². The maximum absolute atomic E-state index is 11.4. The van der Waals surface area contributed by atoms with Gasteiger partial charge in [-0.15, -0.1) is 10.2 Å². The lowest BCUT2D eigenvalue weighted by molar-refractivity contribution is 0.146. The van der Waals surface area contributed by atoms with Crippen molar-refractivity contribution in [1.29, 1.82) is 0 Å². The Labute approximate surface area is 133 Å². The molecule has 7 heteroatoms. The standard InChI is InChI=1S/C15H17ClN4O2/c1-2-3-10-22-15(21)20-19-14-9-8-13(17-18-14)11-4-6-12(16)7-5-11/h4-9H,2-3,10H2,1H3,(H,18,19)(H,20,21). The lowest BCUT2D eigenvalue weighted by Crippen LogP contribution is -2.30. The van der Waals surface area contributed by atoms with Gasteiger partial charge < -0.3 is 4.74 Å². The highest BCUT2D eigenvalue weighted by atomic mass is 35.5. The minimum absolute atomic E-state index is 0.394. The predicted molar refractivity (Wildman–Crippen MR) is 85.5 cm³/mol. The Balaban J connectivity index is 1.86. The number of rotatable bonds is 6. The third-order valence-electron chi connectivity index (χ3n) is 2.83. The van der Waals surface area contributed by atoms with Crippen LogP contribution in [0.4, 0.5) is 10.6 Å². The summed E-state index contributed by atoms with van der Waals surface area (Å²) in [6.45, 7) is 2.42. The molecule has 0 aliphatic heterocycles. The van der Waals surface area contributed by atoms with Crippen LogP contribution in [-0.4, -0.2) is 22.9 Å². The van der Waals surface area contributed by atoms with Gasteiger partial charge in [-0.25, -0.2) is 10.2 Å². The van der Waals surface area contributed by atoms with Crippen LogP contribution in [0.2, 0.25) is 5.02 Å². The molecule has 1 aromatic carbocycles. The van der Waals surface area contributed by atoms with Crippen LogP contribution in [0.1, 0.15) is 19.8 Å². The number of anilines is 1. The zero-order valence-corrected chi connectivity index (χ0v) is 12.9. The summed E-state index contributed by atoms with van der Waals surface area (Å²) in [6, 6.07) is 10.8. The second-order valence-corrected chi connectivity index (χ2v) is 4.99. The number of carbonyl (C=O) groups is 1. The SMILES string of the molecule is CCCCOC(=O)NNc1ccc(-c2ccc(Cl)cc2)nn1. The van der Waals surface area contributed by atoms with Crippen LogP contribution in [0.15, 0.2) is 36.4 Å². The molecule has 0 fully saturated rings. The molecule has 0 aliphatic rings. The van der Waals surface area contributed by atoms with E-state index in [1.165, 1.54) is 0 Å². The minimum atomic E-state index is -0.544. The fourth-order valence-electron chi connectivity index (χ4n) is 1.63. The highest BCUT2D eigenvalue weighted by molar-refractivity contribution is 6.30. The number of benzene rings is 1. The Kier molecular flexibility index (Phi) is 5.97. The molecule has 0 aliphatic carbocycles. The Hall–Kier alpha value is -2.34. The number of amides is 1. The summed E-state index contributed by atoms with van der Waals surface area (Å²) in [5, 5.41) is 8.73. The van der Waals surface area contributed by atoms with E-state index in [1.807, 2.05) is 19.1 Å². The van der Waals surface area contributed by atoms with E-state index in [0.717, 1.165) is 18.4 Å². The molecule has 1 amide bonds. The van der Waals surface area contributed by atoms with Crippen molar-refractivity contribution in [1.82, 2.24) is 15.6 Å². The topological polar surface area (TPSA) is 76.1 Å². The first-order chi connectivity index (χ1) is 10.7. The minimum Gasteiger partial charge on any atom is -0.448 e. The van der Waals surface area contributed by atoms with Crippen LogP contribution in [0.3, 0.4) is 0 Å². The molecule has 2 aromatic rings. The number of carbonyl (C=O) groups excluding carboxylic acids is 1. The van der Waals surface area contributed by atoms with Crippen LogP contribution in [0.5, 0.6) is 0 Å². The zero-order valence-electron chi connectivity index (χ0n) is 12.2. The monoisotopic (exact) mass is 320 g/mol. The molecule has 2 rings (SSSR count). The van der Waals surface area contributed by atoms with Crippen molar-refractivity contribution in [3.63, 3.8) is 0 Å². The van der Waals surface area contributed by atoms with Crippen molar-refractivity contribution in [2.24, 2.45) is 0 Å². The molecule has 22 heavy (non-hydrogen) atoms. The molecular weight excluding hydrogens is 304 g/mol. The summed E-state index contributed by atoms with van der Waals surface area (Å²) in [6.07, 6.45) is 1.26. The van der Waals surface area contributed by atoms with Crippen molar-refractivity contribution in [3.8, 4) is 11.3 Å². The van der Waals surface area contributed by atoms with E-state index in [1.54, 1.807) is 24.3 Å². The maximum atomic E-state index is 11.4. The molecule has 1 heterocycles. The van der Waals surface area contributed by atoms with Gasteiger partial charge in [0, 0.05) is 10.6 Å². The van der Waals surface area contributed by atoms with Crippen molar-refractivity contribution in [2.45, 2.75) is 19.8 Å². The fraction of sp³-hybridized carbons (Fsp3) is 0.267. The number of unbranched alkanes of at least 4 members (excludes halogenated alkanes) is 1. The van der Waals surface area contributed by atoms with E-state index in [2.05, 4.69) is 21.0 Å². The fourth-order valence-corrected chi connectivity index (χ4v) is 1.76. The lowest BCUT2D eigenvalue weighted by Gasteiger charge is -2.08. The third-order valence-corrected chi connectivity index (χ3v) is 3.08. The number of hydrogen-bond acceptors (Lipinski definition) is 5. The van der Waals surface area contributed by atoms with Gasteiger partial charge in [-0.3, -0.25) is 5.43 Å². The molecule has 1 aromatic heterocycles. The molecule has 0 atom stereocenters. The van der Waals surface area contributed by atoms with Gasteiger partial charge in [0.15, 0.2) is 5.82 Å². The van der Waals surface area contributed by atoms with Gasteiger partial charge >= 0.3 is 6.09 Å². The highest BCUT2D eigenvalue weighted by Crippen LogP contribution is 2.19. The molecule has 0 spiro atoms. The number of halogens is 1. The Morgan fingerprint density at radius 3 is 2.59 bits per heavy atom. The summed E-state index contributed by atoms with van der Waals surface area (Å²) in [5.74, 6) is 0.421. The smallest absolute Gasteiger partial charge is 0.425 e. The van der Waals surface area contributed by atoms with E-state index < -0.39 is 6.09 Å². The number of aromatic nitrogens is 2. The molecule has 116 valence electrons. The van der Waals surface area contributed by atoms with Gasteiger partial charge in [0.05, 0.1) is 12.3 Å². The maximum Gasteiger partial charge on any atom is 0.425 e. The van der Waals surface area contributed by atoms with Crippen LogP contribution in [0, 0.1) is 0 Å². The van der Waals surface area contributed by atoms with Crippen LogP contribution in [-0.2, 0) is 4.74 Å². The van der Waals surface area contributed by atoms with Crippen LogP contribution >= 0.6 is 11.6 Å². The Bertz CT molecular complexity index is 602. The Morgan fingerprint density at radius 2 is 1.95 bits per heavy atom. The number of ether oxygens (including phenoxy) is 1. The quantitative estimate of drug-likeness (QED) is 0.627. The summed E-state index contributed by atoms with van der Waals surface area (Å²) in [4.78, 5) is 11.4. The van der Waals surface area contributed by atoms with Crippen molar-refractivity contribution in [2.75, 3.05) is 12.0 Å². The van der Waals surface area contributed by atoms with Gasteiger partial charge in [-0.1, -0.05) is 37.1 Å². The first-order valence-electron chi connectivity index (χ1n) is 6.97. The van der Waals surface area contributed by atoms with E-state index in [9.17, 15) is 4.79 Å². The first-order valence-corrected chi connectivity index (χ1v) is 7.35. The summed E-state index contributed by atoms with van der Waals surface area (Å²) >= 11 is 5.84. The van der Waals surface area contributed by atoms with Gasteiger partial charge in [-0.05, 0) is 30.7 Å². The van der Waals surface area contributed by atoms with E-state index >= 15 is 0 Å². The predicted octanol–water partition coefficient (Wildman–Crippen LogP) is 3.65. The number of hydrogen-bond donors (Lipinski definition) is 2. The van der Waals surface area contributed by atoms with Gasteiger partial charge in [-0.2, -0.15) is 0 Å². The second-order valence-electron chi connectivity index (χ2n) is 4.55. The lowest BCUT2D eigenvalue weighted by atomic mass is 10.1. The van der Waals surface area contributed by atoms with Crippen LogP contribution in [0.25, 0.3) is 11.3 Å². The average Bonchev–Trinajstić information content (AvgIpc) is 2.54. The molecule has 0 saturated heterocycles. The zero-order chi connectivity index (χ0) is 15.8. The Morgan fingerprint density at radius 1 is 1.18 bits per heavy atom. The van der Waals surface area contributed by atoms with Gasteiger partial charge in [0.1, 0.15) is 0 Å². The molecule has 0 unspecified atom stereocenters. The number of nitrogens with one attached hydrogen (secondary N) is 2. The largest absolute Gasteiger partial charge is 0.448 e. The van der Waals surface area contributed by atoms with E-state index in [0.29, 0.717) is 23.1 Å².